The molecule has 0 amide bonds. The Labute approximate surface area is 128 Å². The minimum absolute atomic E-state index is 0.0963. The van der Waals surface area contributed by atoms with Gasteiger partial charge in [0.2, 0.25) is 0 Å². The van der Waals surface area contributed by atoms with Crippen LogP contribution in [-0.4, -0.2) is 13.6 Å². The molecule has 2 N–H and O–H groups in total. The van der Waals surface area contributed by atoms with Crippen LogP contribution in [0.5, 0.6) is 0 Å². The quantitative estimate of drug-likeness (QED) is 0.893. The van der Waals surface area contributed by atoms with E-state index in [1.54, 1.807) is 0 Å². The minimum atomic E-state index is 0.0963. The second-order valence-electron chi connectivity index (χ2n) is 6.07. The van der Waals surface area contributed by atoms with E-state index in [0.29, 0.717) is 0 Å². The van der Waals surface area contributed by atoms with Gasteiger partial charge >= 0.3 is 0 Å². The first-order valence-electron chi connectivity index (χ1n) is 7.57. The molecule has 0 aliphatic heterocycles. The topological polar surface area (TPSA) is 29.3 Å². The molecule has 0 fully saturated rings. The van der Waals surface area contributed by atoms with Crippen LogP contribution in [0.15, 0.2) is 42.5 Å². The number of aryl methyl sites for hydroxylation is 3. The summed E-state index contributed by atoms with van der Waals surface area (Å²) in [5.74, 6) is 0. The number of anilines is 1. The first-order valence-corrected chi connectivity index (χ1v) is 7.57. The predicted octanol–water partition coefficient (Wildman–Crippen LogP) is 4.14. The van der Waals surface area contributed by atoms with E-state index < -0.39 is 0 Å². The molecule has 0 radical (unpaired) electrons. The standard InChI is InChI=1S/C19H26N2/c1-14-5-7-17(8-6-14)19(20)9-10-21(4)18-12-15(2)11-16(3)13-18/h5-8,11-13,19H,9-10,20H2,1-4H3. The van der Waals surface area contributed by atoms with Crippen LogP contribution in [0.3, 0.4) is 0 Å². The first-order chi connectivity index (χ1) is 9.95. The van der Waals surface area contributed by atoms with Gasteiger partial charge < -0.3 is 10.6 Å². The minimum Gasteiger partial charge on any atom is -0.375 e. The molecule has 0 aliphatic carbocycles. The Balaban J connectivity index is 1.97. The molecule has 2 rings (SSSR count). The van der Waals surface area contributed by atoms with Gasteiger partial charge in [-0.25, -0.2) is 0 Å². The summed E-state index contributed by atoms with van der Waals surface area (Å²) in [6.07, 6.45) is 0.951. The number of hydrogen-bond donors (Lipinski definition) is 1. The van der Waals surface area contributed by atoms with E-state index >= 15 is 0 Å². The molecule has 112 valence electrons. The molecular formula is C19H26N2. The third kappa shape index (κ3) is 4.33. The third-order valence-corrected chi connectivity index (χ3v) is 3.93. The Morgan fingerprint density at radius 2 is 1.48 bits per heavy atom. The van der Waals surface area contributed by atoms with Crippen molar-refractivity contribution in [2.24, 2.45) is 5.73 Å². The Morgan fingerprint density at radius 1 is 0.905 bits per heavy atom. The molecule has 21 heavy (non-hydrogen) atoms. The Hall–Kier alpha value is -1.80. The van der Waals surface area contributed by atoms with Gasteiger partial charge in [-0.1, -0.05) is 35.9 Å². The maximum atomic E-state index is 6.30. The largest absolute Gasteiger partial charge is 0.375 e. The van der Waals surface area contributed by atoms with E-state index in [4.69, 9.17) is 5.73 Å². The predicted molar refractivity (Wildman–Crippen MR) is 91.9 cm³/mol. The molecule has 2 nitrogen and oxygen atoms in total. The normalized spacial score (nSPS) is 12.2. The fourth-order valence-corrected chi connectivity index (χ4v) is 2.61. The molecular weight excluding hydrogens is 256 g/mol. The summed E-state index contributed by atoms with van der Waals surface area (Å²) in [5.41, 5.74) is 12.7. The van der Waals surface area contributed by atoms with Crippen molar-refractivity contribution in [2.75, 3.05) is 18.5 Å². The van der Waals surface area contributed by atoms with Crippen LogP contribution in [0.4, 0.5) is 5.69 Å². The second-order valence-corrected chi connectivity index (χ2v) is 6.07. The summed E-state index contributed by atoms with van der Waals surface area (Å²) in [5, 5.41) is 0. The highest BCUT2D eigenvalue weighted by Gasteiger charge is 2.08. The van der Waals surface area contributed by atoms with E-state index in [1.165, 1.54) is 27.9 Å². The van der Waals surface area contributed by atoms with Gasteiger partial charge in [-0.3, -0.25) is 0 Å². The summed E-state index contributed by atoms with van der Waals surface area (Å²) in [4.78, 5) is 2.29. The van der Waals surface area contributed by atoms with Gasteiger partial charge in [-0.05, 0) is 56.0 Å². The molecule has 0 aromatic heterocycles. The monoisotopic (exact) mass is 282 g/mol. The van der Waals surface area contributed by atoms with Crippen LogP contribution in [0.1, 0.15) is 34.7 Å². The highest BCUT2D eigenvalue weighted by atomic mass is 15.1. The van der Waals surface area contributed by atoms with E-state index in [-0.39, 0.29) is 6.04 Å². The van der Waals surface area contributed by atoms with Crippen LogP contribution in [0.2, 0.25) is 0 Å². The third-order valence-electron chi connectivity index (χ3n) is 3.93. The van der Waals surface area contributed by atoms with Crippen LogP contribution in [-0.2, 0) is 0 Å². The molecule has 0 saturated heterocycles. The lowest BCUT2D eigenvalue weighted by Gasteiger charge is -2.22. The maximum Gasteiger partial charge on any atom is 0.0368 e. The van der Waals surface area contributed by atoms with Gasteiger partial charge in [0.25, 0.3) is 0 Å². The lowest BCUT2D eigenvalue weighted by molar-refractivity contribution is 0.645. The maximum absolute atomic E-state index is 6.30. The van der Waals surface area contributed by atoms with Crippen molar-refractivity contribution in [1.82, 2.24) is 0 Å². The fourth-order valence-electron chi connectivity index (χ4n) is 2.61. The number of rotatable bonds is 5. The molecule has 0 spiro atoms. The summed E-state index contributed by atoms with van der Waals surface area (Å²) in [6.45, 7) is 7.34. The van der Waals surface area contributed by atoms with Crippen LogP contribution >= 0.6 is 0 Å². The summed E-state index contributed by atoms with van der Waals surface area (Å²) < 4.78 is 0. The zero-order valence-electron chi connectivity index (χ0n) is 13.6. The Morgan fingerprint density at radius 3 is 2.05 bits per heavy atom. The lowest BCUT2D eigenvalue weighted by Crippen LogP contribution is -2.23. The molecule has 0 aliphatic rings. The van der Waals surface area contributed by atoms with Crippen LogP contribution in [0, 0.1) is 20.8 Å². The average molecular weight is 282 g/mol. The highest BCUT2D eigenvalue weighted by molar-refractivity contribution is 5.50. The van der Waals surface area contributed by atoms with Gasteiger partial charge in [0.1, 0.15) is 0 Å². The molecule has 2 aromatic rings. The van der Waals surface area contributed by atoms with E-state index in [2.05, 4.69) is 75.2 Å². The van der Waals surface area contributed by atoms with Crippen molar-refractivity contribution in [1.29, 1.82) is 0 Å². The fraction of sp³-hybridized carbons (Fsp3) is 0.368. The SMILES string of the molecule is Cc1ccc(C(N)CCN(C)c2cc(C)cc(C)c2)cc1. The van der Waals surface area contributed by atoms with Gasteiger partial charge in [0.05, 0.1) is 0 Å². The molecule has 0 saturated carbocycles. The number of hydrogen-bond acceptors (Lipinski definition) is 2. The number of benzene rings is 2. The lowest BCUT2D eigenvalue weighted by atomic mass is 10.0. The summed E-state index contributed by atoms with van der Waals surface area (Å²) in [7, 11) is 2.13. The van der Waals surface area contributed by atoms with Gasteiger partial charge in [0.15, 0.2) is 0 Å². The van der Waals surface area contributed by atoms with Crippen molar-refractivity contribution in [2.45, 2.75) is 33.2 Å². The molecule has 2 aromatic carbocycles. The van der Waals surface area contributed by atoms with Gasteiger partial charge in [-0.2, -0.15) is 0 Å². The van der Waals surface area contributed by atoms with Crippen molar-refractivity contribution >= 4 is 5.69 Å². The van der Waals surface area contributed by atoms with Crippen molar-refractivity contribution < 1.29 is 0 Å². The zero-order valence-corrected chi connectivity index (χ0v) is 13.6. The van der Waals surface area contributed by atoms with Crippen molar-refractivity contribution in [3.63, 3.8) is 0 Å². The van der Waals surface area contributed by atoms with Crippen molar-refractivity contribution in [3.8, 4) is 0 Å². The number of nitrogens with zero attached hydrogens (tertiary/aromatic N) is 1. The average Bonchev–Trinajstić information content (AvgIpc) is 2.44. The van der Waals surface area contributed by atoms with E-state index in [0.717, 1.165) is 13.0 Å². The molecule has 1 atom stereocenters. The second kappa shape index (κ2) is 6.77. The Bertz CT molecular complexity index is 567. The smallest absolute Gasteiger partial charge is 0.0368 e. The van der Waals surface area contributed by atoms with E-state index in [1.807, 2.05) is 0 Å². The highest BCUT2D eigenvalue weighted by Crippen LogP contribution is 2.20. The van der Waals surface area contributed by atoms with Crippen LogP contribution in [0.25, 0.3) is 0 Å². The molecule has 2 heteroatoms. The van der Waals surface area contributed by atoms with Crippen LogP contribution < -0.4 is 10.6 Å². The van der Waals surface area contributed by atoms with Gasteiger partial charge in [0, 0.05) is 25.3 Å². The van der Waals surface area contributed by atoms with Gasteiger partial charge in [-0.15, -0.1) is 0 Å². The first kappa shape index (κ1) is 15.6. The molecule has 0 heterocycles. The summed E-state index contributed by atoms with van der Waals surface area (Å²) in [6, 6.07) is 15.3. The van der Waals surface area contributed by atoms with E-state index in [9.17, 15) is 0 Å². The zero-order chi connectivity index (χ0) is 15.4. The van der Waals surface area contributed by atoms with Crippen molar-refractivity contribution in [3.05, 3.63) is 64.7 Å². The molecule has 0 bridgehead atoms. The number of nitrogens with two attached hydrogens (primary N) is 1. The molecule has 1 unspecified atom stereocenters. The summed E-state index contributed by atoms with van der Waals surface area (Å²) >= 11 is 0. The Kier molecular flexibility index (Phi) is 5.03.